The molecule has 3 rings (SSSR count). The molecule has 0 saturated carbocycles. The van der Waals surface area contributed by atoms with Gasteiger partial charge in [-0.3, -0.25) is 9.78 Å². The maximum atomic E-state index is 12.9. The van der Waals surface area contributed by atoms with Crippen LogP contribution in [0.1, 0.15) is 40.9 Å². The van der Waals surface area contributed by atoms with Crippen molar-refractivity contribution in [3.8, 4) is 5.75 Å². The van der Waals surface area contributed by atoms with Crippen molar-refractivity contribution in [2.24, 2.45) is 0 Å². The second-order valence-corrected chi connectivity index (χ2v) is 6.37. The number of aromatic nitrogens is 1. The van der Waals surface area contributed by atoms with Gasteiger partial charge in [0.2, 0.25) is 0 Å². The quantitative estimate of drug-likeness (QED) is 0.843. The van der Waals surface area contributed by atoms with E-state index in [0.717, 1.165) is 43.7 Å². The Morgan fingerprint density at radius 1 is 1.33 bits per heavy atom. The number of aryl methyl sites for hydroxylation is 2. The van der Waals surface area contributed by atoms with Crippen molar-refractivity contribution in [1.29, 1.82) is 0 Å². The molecular formula is C20H24N2O2. The Balaban J connectivity index is 1.67. The Morgan fingerprint density at radius 2 is 2.21 bits per heavy atom. The third kappa shape index (κ3) is 3.75. The van der Waals surface area contributed by atoms with E-state index in [1.807, 2.05) is 42.3 Å². The molecule has 4 nitrogen and oxygen atoms in total. The fourth-order valence-electron chi connectivity index (χ4n) is 3.42. The fourth-order valence-corrected chi connectivity index (χ4v) is 3.42. The van der Waals surface area contributed by atoms with Crippen LogP contribution in [0.2, 0.25) is 0 Å². The van der Waals surface area contributed by atoms with Crippen LogP contribution in [0.3, 0.4) is 0 Å². The van der Waals surface area contributed by atoms with Gasteiger partial charge in [-0.25, -0.2) is 0 Å². The number of amides is 1. The highest BCUT2D eigenvalue weighted by molar-refractivity contribution is 5.95. The average Bonchev–Trinajstić information content (AvgIpc) is 3.08. The van der Waals surface area contributed by atoms with Crippen molar-refractivity contribution < 1.29 is 9.53 Å². The maximum absolute atomic E-state index is 12.9. The Bertz CT molecular complexity index is 714. The molecule has 1 aromatic carbocycles. The number of pyridine rings is 1. The van der Waals surface area contributed by atoms with Gasteiger partial charge in [0.1, 0.15) is 5.75 Å². The van der Waals surface area contributed by atoms with Crippen LogP contribution >= 0.6 is 0 Å². The van der Waals surface area contributed by atoms with E-state index in [0.29, 0.717) is 11.6 Å². The molecule has 2 aromatic rings. The molecule has 2 heterocycles. The molecule has 4 heteroatoms. The molecule has 1 amide bonds. The summed E-state index contributed by atoms with van der Waals surface area (Å²) >= 11 is 0. The van der Waals surface area contributed by atoms with Gasteiger partial charge < -0.3 is 9.64 Å². The summed E-state index contributed by atoms with van der Waals surface area (Å²) in [6.07, 6.45) is 6.00. The van der Waals surface area contributed by atoms with E-state index in [1.165, 1.54) is 5.56 Å². The number of carbonyl (C=O) groups excluding carboxylic acids is 1. The number of methoxy groups -OCH3 is 1. The first-order valence-electron chi connectivity index (χ1n) is 8.54. The van der Waals surface area contributed by atoms with Crippen LogP contribution in [0.15, 0.2) is 42.6 Å². The minimum atomic E-state index is 0.113. The number of nitrogens with zero attached hydrogens (tertiary/aromatic N) is 2. The van der Waals surface area contributed by atoms with E-state index in [1.54, 1.807) is 7.11 Å². The first-order chi connectivity index (χ1) is 11.7. The van der Waals surface area contributed by atoms with Crippen LogP contribution < -0.4 is 4.74 Å². The Morgan fingerprint density at radius 3 is 3.00 bits per heavy atom. The lowest BCUT2D eigenvalue weighted by Crippen LogP contribution is -2.35. The lowest BCUT2D eigenvalue weighted by Gasteiger charge is -2.25. The number of hydrogen-bond donors (Lipinski definition) is 0. The SMILES string of the molecule is COc1cccc(C(=O)N2CCC[C@H]2CCc2ccnc(C)c2)c1. The molecule has 0 spiro atoms. The molecule has 0 N–H and O–H groups in total. The van der Waals surface area contributed by atoms with Gasteiger partial charge in [0.15, 0.2) is 0 Å². The molecule has 1 fully saturated rings. The van der Waals surface area contributed by atoms with Crippen molar-refractivity contribution >= 4 is 5.91 Å². The smallest absolute Gasteiger partial charge is 0.254 e. The van der Waals surface area contributed by atoms with Crippen molar-refractivity contribution in [2.45, 2.75) is 38.6 Å². The van der Waals surface area contributed by atoms with E-state index in [9.17, 15) is 4.79 Å². The van der Waals surface area contributed by atoms with Crippen LogP contribution in [0.4, 0.5) is 0 Å². The summed E-state index contributed by atoms with van der Waals surface area (Å²) < 4.78 is 5.23. The number of benzene rings is 1. The number of ether oxygens (including phenoxy) is 1. The summed E-state index contributed by atoms with van der Waals surface area (Å²) in [5, 5.41) is 0. The third-order valence-corrected chi connectivity index (χ3v) is 4.68. The number of likely N-dealkylation sites (tertiary alicyclic amines) is 1. The molecule has 1 atom stereocenters. The van der Waals surface area contributed by atoms with Crippen molar-refractivity contribution in [1.82, 2.24) is 9.88 Å². The van der Waals surface area contributed by atoms with E-state index in [2.05, 4.69) is 17.1 Å². The van der Waals surface area contributed by atoms with Gasteiger partial charge in [0, 0.05) is 30.0 Å². The van der Waals surface area contributed by atoms with E-state index >= 15 is 0 Å². The highest BCUT2D eigenvalue weighted by atomic mass is 16.5. The lowest BCUT2D eigenvalue weighted by molar-refractivity contribution is 0.0730. The monoisotopic (exact) mass is 324 g/mol. The molecule has 0 aliphatic carbocycles. The molecule has 24 heavy (non-hydrogen) atoms. The Hall–Kier alpha value is -2.36. The summed E-state index contributed by atoms with van der Waals surface area (Å²) in [5.41, 5.74) is 3.05. The van der Waals surface area contributed by atoms with Crippen LogP contribution in [-0.2, 0) is 6.42 Å². The zero-order chi connectivity index (χ0) is 16.9. The van der Waals surface area contributed by atoms with Crippen LogP contribution in [0.25, 0.3) is 0 Å². The zero-order valence-electron chi connectivity index (χ0n) is 14.4. The summed E-state index contributed by atoms with van der Waals surface area (Å²) in [6, 6.07) is 11.9. The van der Waals surface area contributed by atoms with Crippen LogP contribution in [-0.4, -0.2) is 35.5 Å². The largest absolute Gasteiger partial charge is 0.497 e. The third-order valence-electron chi connectivity index (χ3n) is 4.68. The van der Waals surface area contributed by atoms with Gasteiger partial charge in [-0.2, -0.15) is 0 Å². The molecule has 0 unspecified atom stereocenters. The fraction of sp³-hybridized carbons (Fsp3) is 0.400. The van der Waals surface area contributed by atoms with E-state index < -0.39 is 0 Å². The molecule has 126 valence electrons. The zero-order valence-corrected chi connectivity index (χ0v) is 14.4. The number of carbonyl (C=O) groups is 1. The van der Waals surface area contributed by atoms with Crippen molar-refractivity contribution in [2.75, 3.05) is 13.7 Å². The second kappa shape index (κ2) is 7.47. The van der Waals surface area contributed by atoms with Crippen molar-refractivity contribution in [3.05, 3.63) is 59.4 Å². The second-order valence-electron chi connectivity index (χ2n) is 6.37. The highest BCUT2D eigenvalue weighted by Gasteiger charge is 2.29. The Kier molecular flexibility index (Phi) is 5.14. The lowest BCUT2D eigenvalue weighted by atomic mass is 10.0. The molecule has 1 aliphatic heterocycles. The van der Waals surface area contributed by atoms with E-state index in [4.69, 9.17) is 4.74 Å². The van der Waals surface area contributed by atoms with Gasteiger partial charge in [-0.05, 0) is 68.5 Å². The molecular weight excluding hydrogens is 300 g/mol. The normalized spacial score (nSPS) is 17.1. The maximum Gasteiger partial charge on any atom is 0.254 e. The summed E-state index contributed by atoms with van der Waals surface area (Å²) in [6.45, 7) is 2.85. The minimum absolute atomic E-state index is 0.113. The Labute approximate surface area is 143 Å². The van der Waals surface area contributed by atoms with Gasteiger partial charge in [-0.15, -0.1) is 0 Å². The molecule has 1 saturated heterocycles. The van der Waals surface area contributed by atoms with Gasteiger partial charge in [0.05, 0.1) is 7.11 Å². The van der Waals surface area contributed by atoms with E-state index in [-0.39, 0.29) is 5.91 Å². The van der Waals surface area contributed by atoms with Crippen LogP contribution in [0.5, 0.6) is 5.75 Å². The van der Waals surface area contributed by atoms with Crippen LogP contribution in [0, 0.1) is 6.92 Å². The number of hydrogen-bond acceptors (Lipinski definition) is 3. The van der Waals surface area contributed by atoms with Gasteiger partial charge in [-0.1, -0.05) is 6.07 Å². The molecule has 1 aromatic heterocycles. The van der Waals surface area contributed by atoms with Gasteiger partial charge >= 0.3 is 0 Å². The van der Waals surface area contributed by atoms with Gasteiger partial charge in [0.25, 0.3) is 5.91 Å². The summed E-state index contributed by atoms with van der Waals surface area (Å²) in [7, 11) is 1.62. The van der Waals surface area contributed by atoms with Crippen molar-refractivity contribution in [3.63, 3.8) is 0 Å². The predicted octanol–water partition coefficient (Wildman–Crippen LogP) is 3.64. The standard InChI is InChI=1S/C20H24N2O2/c1-15-13-16(10-11-21-15)8-9-18-6-4-12-22(18)20(23)17-5-3-7-19(14-17)24-2/h3,5,7,10-11,13-14,18H,4,6,8-9,12H2,1-2H3/t18-/m0/s1. The molecule has 1 aliphatic rings. The topological polar surface area (TPSA) is 42.4 Å². The molecule has 0 radical (unpaired) electrons. The summed E-state index contributed by atoms with van der Waals surface area (Å²) in [5.74, 6) is 0.839. The minimum Gasteiger partial charge on any atom is -0.497 e. The summed E-state index contributed by atoms with van der Waals surface area (Å²) in [4.78, 5) is 19.1. The first kappa shape index (κ1) is 16.5. The average molecular weight is 324 g/mol. The first-order valence-corrected chi connectivity index (χ1v) is 8.54. The number of rotatable bonds is 5. The predicted molar refractivity (Wildman–Crippen MR) is 94.3 cm³/mol. The molecule has 0 bridgehead atoms. The highest BCUT2D eigenvalue weighted by Crippen LogP contribution is 2.25.